The van der Waals surface area contributed by atoms with E-state index in [2.05, 4.69) is 41.5 Å². The van der Waals surface area contributed by atoms with Crippen molar-refractivity contribution in [3.8, 4) is 5.75 Å². The fraction of sp³-hybridized carbons (Fsp3) is 0.120. The maximum atomic E-state index is 13.0. The number of amides is 1. The summed E-state index contributed by atoms with van der Waals surface area (Å²) in [5, 5.41) is 5.13. The summed E-state index contributed by atoms with van der Waals surface area (Å²) in [4.78, 5) is 17.2. The van der Waals surface area contributed by atoms with Gasteiger partial charge in [0.15, 0.2) is 0 Å². The quantitative estimate of drug-likeness (QED) is 0.431. The van der Waals surface area contributed by atoms with Gasteiger partial charge in [0.2, 0.25) is 0 Å². The number of nitrogens with one attached hydrogen (secondary N) is 1. The first kappa shape index (κ1) is 19.9. The van der Waals surface area contributed by atoms with Crippen LogP contribution in [0.3, 0.4) is 0 Å². The lowest BCUT2D eigenvalue weighted by Gasteiger charge is -2.20. The molecular formula is C25H22N2O2S. The fourth-order valence-corrected chi connectivity index (χ4v) is 3.69. The number of aromatic nitrogens is 1. The highest BCUT2D eigenvalue weighted by molar-refractivity contribution is 7.07. The number of carbonyl (C=O) groups excluding carboxylic acids is 1. The van der Waals surface area contributed by atoms with Gasteiger partial charge in [0.25, 0.3) is 5.91 Å². The molecule has 0 saturated heterocycles. The predicted molar refractivity (Wildman–Crippen MR) is 120 cm³/mol. The van der Waals surface area contributed by atoms with Crippen molar-refractivity contribution >= 4 is 17.2 Å². The molecule has 1 heterocycles. The van der Waals surface area contributed by atoms with Gasteiger partial charge in [-0.1, -0.05) is 60.2 Å². The van der Waals surface area contributed by atoms with Crippen molar-refractivity contribution in [2.24, 2.45) is 0 Å². The lowest BCUT2D eigenvalue weighted by molar-refractivity contribution is 0.0943. The molecule has 150 valence electrons. The highest BCUT2D eigenvalue weighted by Gasteiger charge is 2.17. The monoisotopic (exact) mass is 414 g/mol. The van der Waals surface area contributed by atoms with Gasteiger partial charge in [-0.15, -0.1) is 11.3 Å². The molecule has 30 heavy (non-hydrogen) atoms. The van der Waals surface area contributed by atoms with E-state index < -0.39 is 0 Å². The zero-order valence-electron chi connectivity index (χ0n) is 16.6. The van der Waals surface area contributed by atoms with Crippen LogP contribution in [0.15, 0.2) is 89.8 Å². The molecular weight excluding hydrogens is 392 g/mol. The third kappa shape index (κ3) is 4.93. The lowest BCUT2D eigenvalue weighted by atomic mass is 9.97. The summed E-state index contributed by atoms with van der Waals surface area (Å²) in [6.07, 6.45) is 0. The van der Waals surface area contributed by atoms with Gasteiger partial charge in [-0.05, 0) is 42.3 Å². The van der Waals surface area contributed by atoms with E-state index >= 15 is 0 Å². The van der Waals surface area contributed by atoms with Gasteiger partial charge in [0.1, 0.15) is 12.4 Å². The van der Waals surface area contributed by atoms with Crippen LogP contribution in [0.2, 0.25) is 0 Å². The van der Waals surface area contributed by atoms with Crippen LogP contribution in [0.4, 0.5) is 0 Å². The standard InChI is InChI=1S/C25H22N2O2S/c1-18-7-9-20(10-8-18)24(19-5-3-2-4-6-19)27-25(28)21-11-13-23(14-12-21)29-15-22-16-30-17-26-22/h2-14,16-17,24H,15H2,1H3,(H,27,28). The second kappa shape index (κ2) is 9.37. The molecule has 0 fully saturated rings. The summed E-state index contributed by atoms with van der Waals surface area (Å²) in [6, 6.07) is 25.2. The van der Waals surface area contributed by atoms with Crippen molar-refractivity contribution in [3.05, 3.63) is 118 Å². The first-order chi connectivity index (χ1) is 14.7. The molecule has 0 radical (unpaired) electrons. The van der Waals surface area contributed by atoms with Crippen LogP contribution in [0.25, 0.3) is 0 Å². The minimum atomic E-state index is -0.222. The third-order valence-electron chi connectivity index (χ3n) is 4.81. The van der Waals surface area contributed by atoms with E-state index in [9.17, 15) is 4.79 Å². The minimum absolute atomic E-state index is 0.129. The molecule has 0 aliphatic carbocycles. The van der Waals surface area contributed by atoms with Crippen LogP contribution in [-0.4, -0.2) is 10.9 Å². The SMILES string of the molecule is Cc1ccc(C(NC(=O)c2ccc(OCc3cscn3)cc2)c2ccccc2)cc1. The van der Waals surface area contributed by atoms with Crippen molar-refractivity contribution < 1.29 is 9.53 Å². The summed E-state index contributed by atoms with van der Waals surface area (Å²) in [5.41, 5.74) is 6.53. The number of hydrogen-bond donors (Lipinski definition) is 1. The Kier molecular flexibility index (Phi) is 6.20. The molecule has 4 aromatic rings. The first-order valence-electron chi connectivity index (χ1n) is 9.71. The summed E-state index contributed by atoms with van der Waals surface area (Å²) >= 11 is 1.54. The van der Waals surface area contributed by atoms with Gasteiger partial charge in [-0.25, -0.2) is 4.98 Å². The average Bonchev–Trinajstić information content (AvgIpc) is 3.31. The zero-order chi connectivity index (χ0) is 20.8. The van der Waals surface area contributed by atoms with Crippen molar-refractivity contribution in [3.63, 3.8) is 0 Å². The number of aryl methyl sites for hydroxylation is 1. The number of benzene rings is 3. The van der Waals surface area contributed by atoms with E-state index in [-0.39, 0.29) is 11.9 Å². The predicted octanol–water partition coefficient (Wildman–Crippen LogP) is 5.55. The molecule has 0 saturated carbocycles. The summed E-state index contributed by atoms with van der Waals surface area (Å²) in [5.74, 6) is 0.577. The molecule has 1 atom stereocenters. The van der Waals surface area contributed by atoms with Gasteiger partial charge >= 0.3 is 0 Å². The van der Waals surface area contributed by atoms with Crippen LogP contribution in [0.1, 0.15) is 38.8 Å². The lowest BCUT2D eigenvalue weighted by Crippen LogP contribution is -2.29. The zero-order valence-corrected chi connectivity index (χ0v) is 17.4. The van der Waals surface area contributed by atoms with Crippen molar-refractivity contribution in [1.29, 1.82) is 0 Å². The molecule has 1 unspecified atom stereocenters. The van der Waals surface area contributed by atoms with Crippen LogP contribution in [-0.2, 0) is 6.61 Å². The normalized spacial score (nSPS) is 11.6. The van der Waals surface area contributed by atoms with Crippen LogP contribution < -0.4 is 10.1 Å². The van der Waals surface area contributed by atoms with E-state index in [0.29, 0.717) is 17.9 Å². The molecule has 0 bridgehead atoms. The first-order valence-corrected chi connectivity index (χ1v) is 10.7. The minimum Gasteiger partial charge on any atom is -0.487 e. The van der Waals surface area contributed by atoms with Crippen LogP contribution >= 0.6 is 11.3 Å². The van der Waals surface area contributed by atoms with Crippen LogP contribution in [0, 0.1) is 6.92 Å². The molecule has 5 heteroatoms. The molecule has 3 aromatic carbocycles. The number of rotatable bonds is 7. The second-order valence-electron chi connectivity index (χ2n) is 7.02. The molecule has 1 amide bonds. The Balaban J connectivity index is 1.48. The number of nitrogens with zero attached hydrogens (tertiary/aromatic N) is 1. The van der Waals surface area contributed by atoms with E-state index in [1.807, 2.05) is 47.8 Å². The Morgan fingerprint density at radius 2 is 1.67 bits per heavy atom. The van der Waals surface area contributed by atoms with E-state index in [0.717, 1.165) is 16.8 Å². The van der Waals surface area contributed by atoms with Gasteiger partial charge in [0, 0.05) is 10.9 Å². The number of ether oxygens (including phenoxy) is 1. The van der Waals surface area contributed by atoms with Gasteiger partial charge < -0.3 is 10.1 Å². The molecule has 0 aliphatic heterocycles. The molecule has 0 aliphatic rings. The van der Waals surface area contributed by atoms with Gasteiger partial charge in [-0.2, -0.15) is 0 Å². The largest absolute Gasteiger partial charge is 0.487 e. The maximum absolute atomic E-state index is 13.0. The second-order valence-corrected chi connectivity index (χ2v) is 7.74. The van der Waals surface area contributed by atoms with Gasteiger partial charge in [0.05, 0.1) is 17.2 Å². The third-order valence-corrected chi connectivity index (χ3v) is 5.44. The molecule has 1 N–H and O–H groups in total. The van der Waals surface area contributed by atoms with E-state index in [1.54, 1.807) is 17.6 Å². The Morgan fingerprint density at radius 3 is 2.33 bits per heavy atom. The smallest absolute Gasteiger partial charge is 0.252 e. The molecule has 0 spiro atoms. The average molecular weight is 415 g/mol. The van der Waals surface area contributed by atoms with Gasteiger partial charge in [-0.3, -0.25) is 4.79 Å². The van der Waals surface area contributed by atoms with Crippen molar-refractivity contribution in [2.75, 3.05) is 0 Å². The number of thiazole rings is 1. The fourth-order valence-electron chi connectivity index (χ4n) is 3.15. The molecule has 4 nitrogen and oxygen atoms in total. The Bertz CT molecular complexity index is 1080. The van der Waals surface area contributed by atoms with Crippen molar-refractivity contribution in [2.45, 2.75) is 19.6 Å². The van der Waals surface area contributed by atoms with Crippen LogP contribution in [0.5, 0.6) is 5.75 Å². The number of hydrogen-bond acceptors (Lipinski definition) is 4. The Hall–Kier alpha value is -3.44. The van der Waals surface area contributed by atoms with E-state index in [4.69, 9.17) is 4.74 Å². The highest BCUT2D eigenvalue weighted by atomic mass is 32.1. The highest BCUT2D eigenvalue weighted by Crippen LogP contribution is 2.23. The topological polar surface area (TPSA) is 51.2 Å². The van der Waals surface area contributed by atoms with Crippen molar-refractivity contribution in [1.82, 2.24) is 10.3 Å². The Labute approximate surface area is 180 Å². The Morgan fingerprint density at radius 1 is 0.967 bits per heavy atom. The maximum Gasteiger partial charge on any atom is 0.252 e. The summed E-state index contributed by atoms with van der Waals surface area (Å²) in [6.45, 7) is 2.47. The molecule has 1 aromatic heterocycles. The molecule has 4 rings (SSSR count). The van der Waals surface area contributed by atoms with E-state index in [1.165, 1.54) is 16.9 Å². The number of carbonyl (C=O) groups is 1. The summed E-state index contributed by atoms with van der Waals surface area (Å²) < 4.78 is 5.73. The summed E-state index contributed by atoms with van der Waals surface area (Å²) in [7, 11) is 0.